The largest absolute Gasteiger partial charge is 0.312 e. The molecule has 2 rings (SSSR count). The number of rotatable bonds is 5. The maximum Gasteiger partial charge on any atom is 0.0208 e. The van der Waals surface area contributed by atoms with Crippen LogP contribution < -0.4 is 5.32 Å². The number of aryl methyl sites for hydroxylation is 1. The van der Waals surface area contributed by atoms with E-state index >= 15 is 0 Å². The molecule has 0 atom stereocenters. The standard InChI is InChI=1S/C17H23NS/c1-13-7-5-8-15(14(13)2)11-18-12-17(3,4)16-9-6-10-19-16/h5-10,18H,11-12H2,1-4H3. The first-order valence-electron chi connectivity index (χ1n) is 6.80. The van der Waals surface area contributed by atoms with Gasteiger partial charge in [-0.05, 0) is 42.0 Å². The second kappa shape index (κ2) is 5.89. The Morgan fingerprint density at radius 2 is 1.89 bits per heavy atom. The first-order valence-corrected chi connectivity index (χ1v) is 7.68. The Hall–Kier alpha value is -1.12. The zero-order valence-electron chi connectivity index (χ0n) is 12.3. The van der Waals surface area contributed by atoms with Crippen molar-refractivity contribution in [1.82, 2.24) is 5.32 Å². The van der Waals surface area contributed by atoms with Crippen LogP contribution in [0.25, 0.3) is 0 Å². The number of nitrogens with one attached hydrogen (secondary N) is 1. The third kappa shape index (κ3) is 3.46. The van der Waals surface area contributed by atoms with Crippen molar-refractivity contribution in [1.29, 1.82) is 0 Å². The summed E-state index contributed by atoms with van der Waals surface area (Å²) in [7, 11) is 0. The van der Waals surface area contributed by atoms with Crippen LogP contribution in [0.3, 0.4) is 0 Å². The van der Waals surface area contributed by atoms with E-state index in [0.29, 0.717) is 0 Å². The van der Waals surface area contributed by atoms with Gasteiger partial charge in [-0.1, -0.05) is 38.1 Å². The third-order valence-electron chi connectivity index (χ3n) is 3.79. The molecule has 0 aliphatic heterocycles. The summed E-state index contributed by atoms with van der Waals surface area (Å²) >= 11 is 1.84. The van der Waals surface area contributed by atoms with Crippen molar-refractivity contribution in [2.45, 2.75) is 39.7 Å². The smallest absolute Gasteiger partial charge is 0.0208 e. The van der Waals surface area contributed by atoms with Gasteiger partial charge in [-0.25, -0.2) is 0 Å². The van der Waals surface area contributed by atoms with Crippen molar-refractivity contribution in [2.75, 3.05) is 6.54 Å². The predicted molar refractivity (Wildman–Crippen MR) is 85.0 cm³/mol. The quantitative estimate of drug-likeness (QED) is 0.849. The average molecular weight is 273 g/mol. The van der Waals surface area contributed by atoms with Crippen LogP contribution in [0.15, 0.2) is 35.7 Å². The molecule has 1 aromatic heterocycles. The highest BCUT2D eigenvalue weighted by atomic mass is 32.1. The molecule has 0 spiro atoms. The van der Waals surface area contributed by atoms with Crippen LogP contribution in [0.2, 0.25) is 0 Å². The number of hydrogen-bond donors (Lipinski definition) is 1. The minimum absolute atomic E-state index is 0.200. The summed E-state index contributed by atoms with van der Waals surface area (Å²) in [5.74, 6) is 0. The van der Waals surface area contributed by atoms with Crippen molar-refractivity contribution in [3.05, 3.63) is 57.3 Å². The molecular formula is C17H23NS. The van der Waals surface area contributed by atoms with Gasteiger partial charge in [0.05, 0.1) is 0 Å². The van der Waals surface area contributed by atoms with Gasteiger partial charge in [-0.2, -0.15) is 0 Å². The Morgan fingerprint density at radius 1 is 1.11 bits per heavy atom. The van der Waals surface area contributed by atoms with E-state index in [1.807, 2.05) is 11.3 Å². The highest BCUT2D eigenvalue weighted by molar-refractivity contribution is 7.10. The van der Waals surface area contributed by atoms with Gasteiger partial charge in [0.2, 0.25) is 0 Å². The summed E-state index contributed by atoms with van der Waals surface area (Å²) in [6, 6.07) is 10.9. The molecule has 0 saturated heterocycles. The molecular weight excluding hydrogens is 250 g/mol. The van der Waals surface area contributed by atoms with Crippen LogP contribution >= 0.6 is 11.3 Å². The van der Waals surface area contributed by atoms with Crippen molar-refractivity contribution in [3.8, 4) is 0 Å². The molecule has 0 saturated carbocycles. The number of benzene rings is 1. The highest BCUT2D eigenvalue weighted by Gasteiger charge is 2.20. The Morgan fingerprint density at radius 3 is 2.58 bits per heavy atom. The lowest BCUT2D eigenvalue weighted by molar-refractivity contribution is 0.476. The van der Waals surface area contributed by atoms with Crippen molar-refractivity contribution >= 4 is 11.3 Å². The molecule has 1 aromatic carbocycles. The van der Waals surface area contributed by atoms with Crippen LogP contribution in [0.1, 0.15) is 35.4 Å². The second-order valence-corrected chi connectivity index (χ2v) is 6.77. The lowest BCUT2D eigenvalue weighted by atomic mass is 9.91. The molecule has 1 nitrogen and oxygen atoms in total. The molecule has 102 valence electrons. The van der Waals surface area contributed by atoms with Crippen molar-refractivity contribution < 1.29 is 0 Å². The minimum atomic E-state index is 0.200. The zero-order chi connectivity index (χ0) is 13.9. The molecule has 1 heterocycles. The van der Waals surface area contributed by atoms with E-state index in [1.54, 1.807) is 0 Å². The van der Waals surface area contributed by atoms with E-state index in [4.69, 9.17) is 0 Å². The molecule has 0 aliphatic carbocycles. The van der Waals surface area contributed by atoms with E-state index < -0.39 is 0 Å². The molecule has 0 radical (unpaired) electrons. The van der Waals surface area contributed by atoms with Gasteiger partial charge in [-0.3, -0.25) is 0 Å². The van der Waals surface area contributed by atoms with Gasteiger partial charge in [0.15, 0.2) is 0 Å². The summed E-state index contributed by atoms with van der Waals surface area (Å²) in [5.41, 5.74) is 4.38. The van der Waals surface area contributed by atoms with Gasteiger partial charge in [0, 0.05) is 23.4 Å². The van der Waals surface area contributed by atoms with Crippen LogP contribution in [0.5, 0.6) is 0 Å². The third-order valence-corrected chi connectivity index (χ3v) is 5.02. The average Bonchev–Trinajstić information content (AvgIpc) is 2.89. The molecule has 2 heteroatoms. The molecule has 19 heavy (non-hydrogen) atoms. The van der Waals surface area contributed by atoms with Crippen molar-refractivity contribution in [3.63, 3.8) is 0 Å². The second-order valence-electron chi connectivity index (χ2n) is 5.82. The topological polar surface area (TPSA) is 12.0 Å². The molecule has 2 aromatic rings. The summed E-state index contributed by atoms with van der Waals surface area (Å²) in [6.45, 7) is 10.9. The van der Waals surface area contributed by atoms with Crippen LogP contribution in [0, 0.1) is 13.8 Å². The van der Waals surface area contributed by atoms with E-state index in [-0.39, 0.29) is 5.41 Å². The summed E-state index contributed by atoms with van der Waals surface area (Å²) in [5, 5.41) is 5.76. The fourth-order valence-electron chi connectivity index (χ4n) is 2.26. The first-order chi connectivity index (χ1) is 9.00. The normalized spacial score (nSPS) is 11.8. The van der Waals surface area contributed by atoms with E-state index in [0.717, 1.165) is 13.1 Å². The van der Waals surface area contributed by atoms with E-state index in [2.05, 4.69) is 68.7 Å². The van der Waals surface area contributed by atoms with E-state index in [9.17, 15) is 0 Å². The first kappa shape index (κ1) is 14.3. The molecule has 0 unspecified atom stereocenters. The van der Waals surface area contributed by atoms with Gasteiger partial charge >= 0.3 is 0 Å². The van der Waals surface area contributed by atoms with Crippen LogP contribution in [0.4, 0.5) is 0 Å². The molecule has 1 N–H and O–H groups in total. The van der Waals surface area contributed by atoms with Crippen molar-refractivity contribution in [2.24, 2.45) is 0 Å². The van der Waals surface area contributed by atoms with Gasteiger partial charge in [0.1, 0.15) is 0 Å². The number of hydrogen-bond acceptors (Lipinski definition) is 2. The highest BCUT2D eigenvalue weighted by Crippen LogP contribution is 2.26. The lowest BCUT2D eigenvalue weighted by Crippen LogP contribution is -2.32. The maximum absolute atomic E-state index is 3.60. The zero-order valence-corrected chi connectivity index (χ0v) is 13.1. The fourth-order valence-corrected chi connectivity index (χ4v) is 3.12. The Bertz CT molecular complexity index is 526. The van der Waals surface area contributed by atoms with Crippen LogP contribution in [-0.4, -0.2) is 6.54 Å². The summed E-state index contributed by atoms with van der Waals surface area (Å²) < 4.78 is 0. The van der Waals surface area contributed by atoms with E-state index in [1.165, 1.54) is 21.6 Å². The SMILES string of the molecule is Cc1cccc(CNCC(C)(C)c2cccs2)c1C. The van der Waals surface area contributed by atoms with Crippen LogP contribution in [-0.2, 0) is 12.0 Å². The minimum Gasteiger partial charge on any atom is -0.312 e. The Balaban J connectivity index is 1.95. The summed E-state index contributed by atoms with van der Waals surface area (Å²) in [6.07, 6.45) is 0. The number of thiophene rings is 1. The van der Waals surface area contributed by atoms with Gasteiger partial charge in [0.25, 0.3) is 0 Å². The lowest BCUT2D eigenvalue weighted by Gasteiger charge is -2.24. The molecule has 0 bridgehead atoms. The summed E-state index contributed by atoms with van der Waals surface area (Å²) in [4.78, 5) is 1.45. The molecule has 0 amide bonds. The Kier molecular flexibility index (Phi) is 4.43. The molecule has 0 aliphatic rings. The monoisotopic (exact) mass is 273 g/mol. The maximum atomic E-state index is 3.60. The predicted octanol–water partition coefficient (Wildman–Crippen LogP) is 4.43. The molecule has 0 fully saturated rings. The van der Waals surface area contributed by atoms with Gasteiger partial charge < -0.3 is 5.32 Å². The fraction of sp³-hybridized carbons (Fsp3) is 0.412. The Labute approximate surface area is 120 Å². The van der Waals surface area contributed by atoms with Gasteiger partial charge in [-0.15, -0.1) is 11.3 Å².